The van der Waals surface area contributed by atoms with E-state index < -0.39 is 0 Å². The zero-order valence-corrected chi connectivity index (χ0v) is 12.4. The zero-order valence-electron chi connectivity index (χ0n) is 12.4. The topological polar surface area (TPSA) is 35.5 Å². The highest BCUT2D eigenvalue weighted by atomic mass is 16.3. The lowest BCUT2D eigenvalue weighted by atomic mass is 9.97. The van der Waals surface area contributed by atoms with Crippen molar-refractivity contribution in [1.82, 2.24) is 10.2 Å². The van der Waals surface area contributed by atoms with Gasteiger partial charge in [0.05, 0.1) is 6.61 Å². The van der Waals surface area contributed by atoms with Crippen molar-refractivity contribution < 1.29 is 5.11 Å². The summed E-state index contributed by atoms with van der Waals surface area (Å²) in [4.78, 5) is 2.52. The van der Waals surface area contributed by atoms with Crippen molar-refractivity contribution in [2.45, 2.75) is 52.5 Å². The van der Waals surface area contributed by atoms with Crippen LogP contribution in [0.1, 0.15) is 47.0 Å². The second-order valence-electron chi connectivity index (χ2n) is 5.48. The van der Waals surface area contributed by atoms with Crippen molar-refractivity contribution >= 4 is 0 Å². The van der Waals surface area contributed by atoms with Gasteiger partial charge in [-0.25, -0.2) is 0 Å². The minimum absolute atomic E-state index is 0.115. The first kappa shape index (κ1) is 16.9. The van der Waals surface area contributed by atoms with Gasteiger partial charge < -0.3 is 15.3 Å². The van der Waals surface area contributed by atoms with Gasteiger partial charge in [-0.1, -0.05) is 27.2 Å². The number of nitrogens with zero attached hydrogens (tertiary/aromatic N) is 1. The summed E-state index contributed by atoms with van der Waals surface area (Å²) in [6.45, 7) is 12.5. The Hall–Kier alpha value is -0.120. The van der Waals surface area contributed by atoms with Crippen LogP contribution in [0.3, 0.4) is 0 Å². The lowest BCUT2D eigenvalue weighted by molar-refractivity contribution is 0.161. The Balaban J connectivity index is 3.91. The largest absolute Gasteiger partial charge is 0.394 e. The van der Waals surface area contributed by atoms with Crippen LogP contribution in [-0.4, -0.2) is 48.8 Å². The molecule has 0 aliphatic heterocycles. The van der Waals surface area contributed by atoms with Gasteiger partial charge in [-0.05, 0) is 45.8 Å². The van der Waals surface area contributed by atoms with Crippen LogP contribution in [-0.2, 0) is 0 Å². The summed E-state index contributed by atoms with van der Waals surface area (Å²) in [5.41, 5.74) is -0.115. The third-order valence-electron chi connectivity index (χ3n) is 3.87. The van der Waals surface area contributed by atoms with Gasteiger partial charge in [0.25, 0.3) is 0 Å². The van der Waals surface area contributed by atoms with E-state index in [1.165, 1.54) is 13.0 Å². The molecular formula is C14H32N2O. The van der Waals surface area contributed by atoms with Gasteiger partial charge in [0, 0.05) is 12.1 Å². The van der Waals surface area contributed by atoms with Crippen LogP contribution in [0.2, 0.25) is 0 Å². The molecule has 0 amide bonds. The second kappa shape index (κ2) is 8.90. The van der Waals surface area contributed by atoms with E-state index in [9.17, 15) is 5.11 Å². The second-order valence-corrected chi connectivity index (χ2v) is 5.48. The molecule has 0 bridgehead atoms. The van der Waals surface area contributed by atoms with Crippen LogP contribution < -0.4 is 5.32 Å². The van der Waals surface area contributed by atoms with Crippen molar-refractivity contribution in [3.63, 3.8) is 0 Å². The molecule has 0 saturated heterocycles. The molecule has 0 aliphatic carbocycles. The van der Waals surface area contributed by atoms with Gasteiger partial charge in [0.15, 0.2) is 0 Å². The molecule has 2 unspecified atom stereocenters. The smallest absolute Gasteiger partial charge is 0.0610 e. The molecule has 0 fully saturated rings. The molecule has 3 heteroatoms. The Morgan fingerprint density at radius 2 is 2.00 bits per heavy atom. The minimum atomic E-state index is -0.115. The van der Waals surface area contributed by atoms with Crippen LogP contribution in [0.15, 0.2) is 0 Å². The van der Waals surface area contributed by atoms with E-state index in [2.05, 4.69) is 37.9 Å². The van der Waals surface area contributed by atoms with E-state index in [0.717, 1.165) is 31.8 Å². The first-order valence-electron chi connectivity index (χ1n) is 7.03. The molecule has 2 atom stereocenters. The van der Waals surface area contributed by atoms with E-state index in [4.69, 9.17) is 0 Å². The normalized spacial score (nSPS) is 17.1. The highest BCUT2D eigenvalue weighted by Gasteiger charge is 2.20. The predicted octanol–water partition coefficient (Wildman–Crippen LogP) is 2.10. The van der Waals surface area contributed by atoms with Crippen LogP contribution in [0.4, 0.5) is 0 Å². The fraction of sp³-hybridized carbons (Fsp3) is 1.00. The van der Waals surface area contributed by atoms with E-state index in [0.29, 0.717) is 0 Å². The Morgan fingerprint density at radius 1 is 1.35 bits per heavy atom. The molecular weight excluding hydrogens is 212 g/mol. The first-order valence-corrected chi connectivity index (χ1v) is 7.03. The average molecular weight is 244 g/mol. The quantitative estimate of drug-likeness (QED) is 0.618. The number of aliphatic hydroxyl groups is 1. The minimum Gasteiger partial charge on any atom is -0.394 e. The van der Waals surface area contributed by atoms with Gasteiger partial charge >= 0.3 is 0 Å². The van der Waals surface area contributed by atoms with Gasteiger partial charge in [-0.15, -0.1) is 0 Å². The number of likely N-dealkylation sites (N-methyl/N-ethyl adjacent to an activating group) is 1. The van der Waals surface area contributed by atoms with Crippen LogP contribution in [0.5, 0.6) is 0 Å². The monoisotopic (exact) mass is 244 g/mol. The fourth-order valence-corrected chi connectivity index (χ4v) is 1.92. The summed E-state index contributed by atoms with van der Waals surface area (Å²) in [6, 6.07) is 0. The lowest BCUT2D eigenvalue weighted by Gasteiger charge is -2.29. The van der Waals surface area contributed by atoms with Crippen molar-refractivity contribution in [2.24, 2.45) is 5.92 Å². The number of hydrogen-bond donors (Lipinski definition) is 2. The Labute approximate surface area is 108 Å². The number of nitrogens with one attached hydrogen (secondary N) is 1. The van der Waals surface area contributed by atoms with Gasteiger partial charge in [0.1, 0.15) is 0 Å². The standard InChI is InChI=1S/C14H32N2O/c1-6-13(3)11-16(7-2)10-8-9-14(4,12-17)15-5/h13,15,17H,6-12H2,1-5H3. The molecule has 0 aromatic rings. The summed E-state index contributed by atoms with van der Waals surface area (Å²) < 4.78 is 0. The van der Waals surface area contributed by atoms with Crippen molar-refractivity contribution in [3.05, 3.63) is 0 Å². The van der Waals surface area contributed by atoms with E-state index in [-0.39, 0.29) is 12.1 Å². The maximum atomic E-state index is 9.32. The highest BCUT2D eigenvalue weighted by Crippen LogP contribution is 2.12. The molecule has 17 heavy (non-hydrogen) atoms. The molecule has 104 valence electrons. The molecule has 0 aromatic carbocycles. The molecule has 0 saturated carbocycles. The zero-order chi connectivity index (χ0) is 13.3. The molecule has 0 aliphatic rings. The highest BCUT2D eigenvalue weighted by molar-refractivity contribution is 4.80. The number of rotatable bonds is 10. The van der Waals surface area contributed by atoms with Crippen molar-refractivity contribution in [2.75, 3.05) is 33.3 Å². The van der Waals surface area contributed by atoms with Gasteiger partial charge in [-0.3, -0.25) is 0 Å². The summed E-state index contributed by atoms with van der Waals surface area (Å²) in [5, 5.41) is 12.5. The summed E-state index contributed by atoms with van der Waals surface area (Å²) >= 11 is 0. The molecule has 0 spiro atoms. The van der Waals surface area contributed by atoms with Crippen molar-refractivity contribution in [3.8, 4) is 0 Å². The third-order valence-corrected chi connectivity index (χ3v) is 3.87. The molecule has 2 N–H and O–H groups in total. The van der Waals surface area contributed by atoms with Gasteiger partial charge in [0.2, 0.25) is 0 Å². The molecule has 0 aromatic heterocycles. The Morgan fingerprint density at radius 3 is 2.41 bits per heavy atom. The number of hydrogen-bond acceptors (Lipinski definition) is 3. The SMILES string of the molecule is CCC(C)CN(CC)CCCC(C)(CO)NC. The maximum absolute atomic E-state index is 9.32. The Bertz CT molecular complexity index is 181. The predicted molar refractivity (Wildman–Crippen MR) is 75.4 cm³/mol. The summed E-state index contributed by atoms with van der Waals surface area (Å²) in [7, 11) is 1.92. The van der Waals surface area contributed by atoms with Gasteiger partial charge in [-0.2, -0.15) is 0 Å². The molecule has 0 rings (SSSR count). The lowest BCUT2D eigenvalue weighted by Crippen LogP contribution is -2.44. The van der Waals surface area contributed by atoms with Crippen LogP contribution in [0.25, 0.3) is 0 Å². The van der Waals surface area contributed by atoms with Crippen molar-refractivity contribution in [1.29, 1.82) is 0 Å². The molecule has 3 nitrogen and oxygen atoms in total. The number of aliphatic hydroxyl groups excluding tert-OH is 1. The summed E-state index contributed by atoms with van der Waals surface area (Å²) in [5.74, 6) is 0.781. The molecule has 0 radical (unpaired) electrons. The first-order chi connectivity index (χ1) is 8.01. The molecule has 0 heterocycles. The van der Waals surface area contributed by atoms with Crippen LogP contribution >= 0.6 is 0 Å². The van der Waals surface area contributed by atoms with E-state index >= 15 is 0 Å². The van der Waals surface area contributed by atoms with E-state index in [1.807, 2.05) is 7.05 Å². The van der Waals surface area contributed by atoms with Crippen LogP contribution in [0, 0.1) is 5.92 Å². The summed E-state index contributed by atoms with van der Waals surface area (Å²) in [6.07, 6.45) is 3.42. The average Bonchev–Trinajstić information content (AvgIpc) is 2.36. The van der Waals surface area contributed by atoms with E-state index in [1.54, 1.807) is 0 Å². The third kappa shape index (κ3) is 7.02. The Kier molecular flexibility index (Phi) is 8.83. The fourth-order valence-electron chi connectivity index (χ4n) is 1.92. The maximum Gasteiger partial charge on any atom is 0.0610 e.